The maximum absolute atomic E-state index is 10.3. The Hall–Kier alpha value is -2.65. The number of nitrogens with one attached hydrogen (secondary N) is 2. The van der Waals surface area contributed by atoms with E-state index in [4.69, 9.17) is 14.6 Å². The van der Waals surface area contributed by atoms with Crippen molar-refractivity contribution in [3.63, 3.8) is 0 Å². The molecule has 2 aromatic rings. The summed E-state index contributed by atoms with van der Waals surface area (Å²) in [5.41, 5.74) is 1.90. The van der Waals surface area contributed by atoms with Gasteiger partial charge in [0.2, 0.25) is 0 Å². The van der Waals surface area contributed by atoms with Gasteiger partial charge >= 0.3 is 6.09 Å². The molecule has 1 heterocycles. The molecule has 0 aliphatic carbocycles. The van der Waals surface area contributed by atoms with Gasteiger partial charge in [-0.25, -0.2) is 9.48 Å². The molecule has 142 valence electrons. The minimum absolute atomic E-state index is 0.362. The number of methoxy groups -OCH3 is 1. The molecule has 1 amide bonds. The summed E-state index contributed by atoms with van der Waals surface area (Å²) in [5, 5.41) is 22.1. The van der Waals surface area contributed by atoms with Crippen LogP contribution in [0.5, 0.6) is 5.75 Å². The van der Waals surface area contributed by atoms with Crippen LogP contribution >= 0.6 is 0 Å². The van der Waals surface area contributed by atoms with Crippen LogP contribution in [0.1, 0.15) is 17.7 Å². The molecule has 0 fully saturated rings. The number of amides is 1. The van der Waals surface area contributed by atoms with E-state index in [-0.39, 0.29) is 0 Å². The van der Waals surface area contributed by atoms with Crippen LogP contribution in [0.4, 0.5) is 4.79 Å². The van der Waals surface area contributed by atoms with Gasteiger partial charge in [-0.15, -0.1) is 5.10 Å². The monoisotopic (exact) mass is 363 g/mol. The zero-order valence-corrected chi connectivity index (χ0v) is 14.9. The summed E-state index contributed by atoms with van der Waals surface area (Å²) in [6, 6.07) is 7.82. The Kier molecular flexibility index (Phi) is 8.37. The van der Waals surface area contributed by atoms with E-state index in [2.05, 4.69) is 20.9 Å². The molecule has 9 heteroatoms. The van der Waals surface area contributed by atoms with E-state index in [0.717, 1.165) is 36.5 Å². The van der Waals surface area contributed by atoms with E-state index in [1.54, 1.807) is 11.8 Å². The van der Waals surface area contributed by atoms with Crippen LogP contribution in [0, 0.1) is 0 Å². The molecule has 0 saturated carbocycles. The van der Waals surface area contributed by atoms with Gasteiger partial charge < -0.3 is 25.2 Å². The van der Waals surface area contributed by atoms with Crippen molar-refractivity contribution in [3.8, 4) is 5.75 Å². The lowest BCUT2D eigenvalue weighted by atomic mass is 10.2. The van der Waals surface area contributed by atoms with Crippen molar-refractivity contribution in [2.75, 3.05) is 26.8 Å². The maximum atomic E-state index is 10.3. The molecule has 1 aromatic carbocycles. The Morgan fingerprint density at radius 1 is 1.27 bits per heavy atom. The summed E-state index contributed by atoms with van der Waals surface area (Å²) >= 11 is 0. The molecule has 0 atom stereocenters. The lowest BCUT2D eigenvalue weighted by molar-refractivity contribution is 0.183. The largest absolute Gasteiger partial charge is 0.487 e. The molecule has 0 bridgehead atoms. The van der Waals surface area contributed by atoms with Crippen LogP contribution in [0.2, 0.25) is 0 Å². The average Bonchev–Trinajstić information content (AvgIpc) is 3.09. The Morgan fingerprint density at radius 2 is 2.08 bits per heavy atom. The summed E-state index contributed by atoms with van der Waals surface area (Å²) in [7, 11) is 1.65. The summed E-state index contributed by atoms with van der Waals surface area (Å²) in [4.78, 5) is 10.3. The highest BCUT2D eigenvalue weighted by molar-refractivity contribution is 5.64. The van der Waals surface area contributed by atoms with Crippen molar-refractivity contribution in [3.05, 3.63) is 41.7 Å². The Balaban J connectivity index is 1.65. The van der Waals surface area contributed by atoms with Gasteiger partial charge in [0.1, 0.15) is 18.1 Å². The summed E-state index contributed by atoms with van der Waals surface area (Å²) < 4.78 is 12.4. The third kappa shape index (κ3) is 7.49. The molecule has 0 saturated heterocycles. The van der Waals surface area contributed by atoms with E-state index in [1.807, 2.05) is 30.5 Å². The Bertz CT molecular complexity index is 659. The van der Waals surface area contributed by atoms with E-state index in [1.165, 1.54) is 0 Å². The van der Waals surface area contributed by atoms with Gasteiger partial charge in [-0.1, -0.05) is 17.3 Å². The number of nitrogens with zero attached hydrogens (tertiary/aromatic N) is 3. The number of benzene rings is 1. The third-order valence-corrected chi connectivity index (χ3v) is 3.56. The Labute approximate surface area is 152 Å². The number of aromatic nitrogens is 3. The van der Waals surface area contributed by atoms with Gasteiger partial charge in [0.05, 0.1) is 19.3 Å². The lowest BCUT2D eigenvalue weighted by Gasteiger charge is -2.07. The van der Waals surface area contributed by atoms with Crippen molar-refractivity contribution in [1.82, 2.24) is 25.6 Å². The normalized spacial score (nSPS) is 10.7. The number of hydrogen-bond donors (Lipinski definition) is 3. The number of carboxylic acid groups (broad SMARTS) is 1. The molecular formula is C17H25N5O4. The van der Waals surface area contributed by atoms with Crippen molar-refractivity contribution in [1.29, 1.82) is 0 Å². The highest BCUT2D eigenvalue weighted by Crippen LogP contribution is 2.13. The second-order valence-electron chi connectivity index (χ2n) is 5.66. The first-order valence-electron chi connectivity index (χ1n) is 8.44. The zero-order chi connectivity index (χ0) is 18.6. The van der Waals surface area contributed by atoms with Crippen molar-refractivity contribution in [2.24, 2.45) is 0 Å². The van der Waals surface area contributed by atoms with Gasteiger partial charge in [0, 0.05) is 20.2 Å². The minimum atomic E-state index is -0.988. The van der Waals surface area contributed by atoms with E-state index in [0.29, 0.717) is 26.3 Å². The molecule has 0 aliphatic rings. The molecule has 2 rings (SSSR count). The van der Waals surface area contributed by atoms with Gasteiger partial charge in [0.25, 0.3) is 0 Å². The topological polar surface area (TPSA) is 111 Å². The summed E-state index contributed by atoms with van der Waals surface area (Å²) in [6.07, 6.45) is 1.60. The van der Waals surface area contributed by atoms with Gasteiger partial charge in [-0.3, -0.25) is 0 Å². The van der Waals surface area contributed by atoms with Gasteiger partial charge in [0.15, 0.2) is 0 Å². The van der Waals surface area contributed by atoms with Crippen molar-refractivity contribution in [2.45, 2.75) is 26.1 Å². The van der Waals surface area contributed by atoms with Crippen LogP contribution in [0.3, 0.4) is 0 Å². The third-order valence-electron chi connectivity index (χ3n) is 3.56. The van der Waals surface area contributed by atoms with Gasteiger partial charge in [-0.2, -0.15) is 0 Å². The second kappa shape index (κ2) is 11.1. The average molecular weight is 363 g/mol. The van der Waals surface area contributed by atoms with E-state index < -0.39 is 6.09 Å². The van der Waals surface area contributed by atoms with Crippen LogP contribution in [0.25, 0.3) is 0 Å². The second-order valence-corrected chi connectivity index (χ2v) is 5.66. The van der Waals surface area contributed by atoms with Gasteiger partial charge in [-0.05, 0) is 30.7 Å². The number of ether oxygens (including phenoxy) is 2. The quantitative estimate of drug-likeness (QED) is 0.487. The van der Waals surface area contributed by atoms with Crippen molar-refractivity contribution >= 4 is 6.09 Å². The minimum Gasteiger partial charge on any atom is -0.487 e. The number of rotatable bonds is 12. The maximum Gasteiger partial charge on any atom is 0.404 e. The highest BCUT2D eigenvalue weighted by Gasteiger charge is 2.02. The van der Waals surface area contributed by atoms with Crippen molar-refractivity contribution < 1.29 is 19.4 Å². The molecular weight excluding hydrogens is 338 g/mol. The first-order valence-corrected chi connectivity index (χ1v) is 8.44. The lowest BCUT2D eigenvalue weighted by Crippen LogP contribution is -2.25. The number of carbonyl (C=O) groups is 1. The molecule has 0 spiro atoms. The van der Waals surface area contributed by atoms with Crippen LogP contribution in [0.15, 0.2) is 30.5 Å². The SMILES string of the molecule is COCCn1cc(COc2ccc(CNCCCNC(=O)O)cc2)nn1. The molecule has 3 N–H and O–H groups in total. The molecule has 0 aliphatic heterocycles. The first-order chi connectivity index (χ1) is 12.7. The smallest absolute Gasteiger partial charge is 0.404 e. The number of hydrogen-bond acceptors (Lipinski definition) is 6. The fourth-order valence-corrected chi connectivity index (χ4v) is 2.20. The van der Waals surface area contributed by atoms with Crippen LogP contribution in [-0.4, -0.2) is 53.0 Å². The Morgan fingerprint density at radius 3 is 2.81 bits per heavy atom. The fraction of sp³-hybridized carbons (Fsp3) is 0.471. The highest BCUT2D eigenvalue weighted by atomic mass is 16.5. The standard InChI is InChI=1S/C17H25N5O4/c1-25-10-9-22-12-15(20-21-22)13-26-16-5-3-14(4-6-16)11-18-7-2-8-19-17(23)24/h3-6,12,18-19H,2,7-11,13H2,1H3,(H,23,24). The molecule has 26 heavy (non-hydrogen) atoms. The first kappa shape index (κ1) is 19.7. The molecule has 0 unspecified atom stereocenters. The molecule has 1 aromatic heterocycles. The van der Waals surface area contributed by atoms with Crippen LogP contribution < -0.4 is 15.4 Å². The summed E-state index contributed by atoms with van der Waals surface area (Å²) in [6.45, 7) is 3.54. The van der Waals surface area contributed by atoms with E-state index in [9.17, 15) is 4.79 Å². The zero-order valence-electron chi connectivity index (χ0n) is 14.9. The van der Waals surface area contributed by atoms with E-state index >= 15 is 0 Å². The predicted molar refractivity (Wildman–Crippen MR) is 95.0 cm³/mol. The predicted octanol–water partition coefficient (Wildman–Crippen LogP) is 1.25. The summed E-state index contributed by atoms with van der Waals surface area (Å²) in [5.74, 6) is 0.769. The van der Waals surface area contributed by atoms with Crippen LogP contribution in [-0.2, 0) is 24.4 Å². The molecule has 0 radical (unpaired) electrons. The fourth-order valence-electron chi connectivity index (χ4n) is 2.20. The molecule has 9 nitrogen and oxygen atoms in total.